The Bertz CT molecular complexity index is 1200. The van der Waals surface area contributed by atoms with Crippen LogP contribution >= 0.6 is 11.6 Å². The first kappa shape index (κ1) is 20.0. The number of benzene rings is 2. The number of hydrogen-bond acceptors (Lipinski definition) is 5. The summed E-state index contributed by atoms with van der Waals surface area (Å²) in [4.78, 5) is 19.7. The molecule has 29 heavy (non-hydrogen) atoms. The zero-order chi connectivity index (χ0) is 20.6. The lowest BCUT2D eigenvalue weighted by molar-refractivity contribution is 0.176. The zero-order valence-corrected chi connectivity index (χ0v) is 17.5. The fraction of sp³-hybridized carbons (Fsp3) is 0.300. The van der Waals surface area contributed by atoms with Crippen molar-refractivity contribution in [3.8, 4) is 0 Å². The normalized spacial score (nSPS) is 16.3. The second-order valence-electron chi connectivity index (χ2n) is 7.05. The molecule has 0 N–H and O–H groups in total. The van der Waals surface area contributed by atoms with Gasteiger partial charge in [-0.2, -0.15) is 4.31 Å². The van der Waals surface area contributed by atoms with Gasteiger partial charge in [-0.3, -0.25) is 14.3 Å². The summed E-state index contributed by atoms with van der Waals surface area (Å²) in [5.41, 5.74) is 0.468. The maximum absolute atomic E-state index is 12.8. The van der Waals surface area contributed by atoms with Crippen molar-refractivity contribution < 1.29 is 8.42 Å². The summed E-state index contributed by atoms with van der Waals surface area (Å²) >= 11 is 6.00. The summed E-state index contributed by atoms with van der Waals surface area (Å²) in [5.74, 6) is 0.643. The number of sulfonamides is 1. The quantitative estimate of drug-likeness (QED) is 0.631. The van der Waals surface area contributed by atoms with E-state index in [1.807, 2.05) is 0 Å². The number of fused-ring (bicyclic) bond motifs is 1. The number of nitrogens with zero attached hydrogens (tertiary/aromatic N) is 4. The Hall–Kier alpha value is -2.26. The Kier molecular flexibility index (Phi) is 5.44. The molecule has 0 spiro atoms. The van der Waals surface area contributed by atoms with Gasteiger partial charge in [-0.05, 0) is 30.3 Å². The first-order valence-electron chi connectivity index (χ1n) is 9.29. The molecule has 0 atom stereocenters. The van der Waals surface area contributed by atoms with Gasteiger partial charge in [0.2, 0.25) is 10.0 Å². The van der Waals surface area contributed by atoms with E-state index in [2.05, 4.69) is 9.88 Å². The smallest absolute Gasteiger partial charge is 0.261 e. The maximum atomic E-state index is 12.8. The number of aromatic nitrogens is 2. The minimum absolute atomic E-state index is 0.141. The standard InChI is InChI=1S/C20H21ClN4O3S/c1-23-19(22-18-8-7-15(21)13-17(18)20(23)26)14-24-9-11-25(12-10-24)29(27,28)16-5-3-2-4-6-16/h2-8,13H,9-12,14H2,1H3. The van der Waals surface area contributed by atoms with E-state index in [1.54, 1.807) is 55.6 Å². The second-order valence-corrected chi connectivity index (χ2v) is 9.42. The summed E-state index contributed by atoms with van der Waals surface area (Å²) < 4.78 is 28.6. The van der Waals surface area contributed by atoms with Crippen molar-refractivity contribution in [2.45, 2.75) is 11.4 Å². The minimum Gasteiger partial charge on any atom is -0.298 e. The van der Waals surface area contributed by atoms with E-state index in [0.717, 1.165) is 0 Å². The summed E-state index contributed by atoms with van der Waals surface area (Å²) in [6.07, 6.45) is 0. The lowest BCUT2D eigenvalue weighted by Crippen LogP contribution is -2.48. The molecule has 0 bridgehead atoms. The highest BCUT2D eigenvalue weighted by molar-refractivity contribution is 7.89. The van der Waals surface area contributed by atoms with Crippen LogP contribution in [0, 0.1) is 0 Å². The topological polar surface area (TPSA) is 75.5 Å². The molecule has 152 valence electrons. The summed E-state index contributed by atoms with van der Waals surface area (Å²) in [6.45, 7) is 2.41. The molecule has 1 aliphatic rings. The molecule has 0 saturated carbocycles. The van der Waals surface area contributed by atoms with Gasteiger partial charge in [-0.1, -0.05) is 29.8 Å². The predicted octanol–water partition coefficient (Wildman–Crippen LogP) is 2.09. The molecule has 1 fully saturated rings. The molecule has 0 unspecified atom stereocenters. The third kappa shape index (κ3) is 3.93. The first-order valence-corrected chi connectivity index (χ1v) is 11.1. The van der Waals surface area contributed by atoms with Gasteiger partial charge >= 0.3 is 0 Å². The van der Waals surface area contributed by atoms with Crippen molar-refractivity contribution >= 4 is 32.5 Å². The number of piperazine rings is 1. The molecule has 7 nitrogen and oxygen atoms in total. The van der Waals surface area contributed by atoms with Crippen molar-refractivity contribution in [2.24, 2.45) is 7.05 Å². The van der Waals surface area contributed by atoms with Gasteiger partial charge in [0.1, 0.15) is 5.82 Å². The molecule has 0 radical (unpaired) electrons. The first-order chi connectivity index (χ1) is 13.9. The fourth-order valence-corrected chi connectivity index (χ4v) is 5.12. The molecule has 1 aliphatic heterocycles. The highest BCUT2D eigenvalue weighted by atomic mass is 35.5. The second kappa shape index (κ2) is 7.87. The van der Waals surface area contributed by atoms with Crippen LogP contribution in [0.1, 0.15) is 5.82 Å². The molecular weight excluding hydrogens is 412 g/mol. The fourth-order valence-electron chi connectivity index (χ4n) is 3.50. The van der Waals surface area contributed by atoms with Crippen molar-refractivity contribution in [2.75, 3.05) is 26.2 Å². The molecule has 0 aliphatic carbocycles. The minimum atomic E-state index is -3.48. The van der Waals surface area contributed by atoms with Crippen molar-refractivity contribution in [1.29, 1.82) is 0 Å². The van der Waals surface area contributed by atoms with Crippen molar-refractivity contribution in [3.63, 3.8) is 0 Å². The van der Waals surface area contributed by atoms with Crippen LogP contribution in [0.2, 0.25) is 5.02 Å². The van der Waals surface area contributed by atoms with E-state index in [9.17, 15) is 13.2 Å². The molecule has 2 aromatic carbocycles. The Morgan fingerprint density at radius 2 is 1.72 bits per heavy atom. The Labute approximate surface area is 174 Å². The third-order valence-corrected chi connectivity index (χ3v) is 7.36. The van der Waals surface area contributed by atoms with Crippen LogP contribution in [0.5, 0.6) is 0 Å². The van der Waals surface area contributed by atoms with Crippen LogP contribution in [-0.4, -0.2) is 53.4 Å². The average molecular weight is 433 g/mol. The Morgan fingerprint density at radius 1 is 1.03 bits per heavy atom. The molecule has 9 heteroatoms. The predicted molar refractivity (Wildman–Crippen MR) is 112 cm³/mol. The summed E-state index contributed by atoms with van der Waals surface area (Å²) in [7, 11) is -1.79. The molecule has 0 amide bonds. The monoisotopic (exact) mass is 432 g/mol. The number of rotatable bonds is 4. The Morgan fingerprint density at radius 3 is 2.41 bits per heavy atom. The van der Waals surface area contributed by atoms with E-state index in [0.29, 0.717) is 59.4 Å². The van der Waals surface area contributed by atoms with E-state index >= 15 is 0 Å². The van der Waals surface area contributed by atoms with E-state index in [-0.39, 0.29) is 5.56 Å². The van der Waals surface area contributed by atoms with Crippen LogP contribution < -0.4 is 5.56 Å². The van der Waals surface area contributed by atoms with Gasteiger partial charge in [0.05, 0.1) is 22.3 Å². The van der Waals surface area contributed by atoms with Gasteiger partial charge < -0.3 is 0 Å². The van der Waals surface area contributed by atoms with Gasteiger partial charge in [-0.25, -0.2) is 13.4 Å². The maximum Gasteiger partial charge on any atom is 0.261 e. The number of halogens is 1. The summed E-state index contributed by atoms with van der Waals surface area (Å²) in [6, 6.07) is 13.6. The van der Waals surface area contributed by atoms with Crippen LogP contribution in [0.25, 0.3) is 10.9 Å². The van der Waals surface area contributed by atoms with Crippen molar-refractivity contribution in [1.82, 2.24) is 18.8 Å². The Balaban J connectivity index is 1.50. The van der Waals surface area contributed by atoms with Crippen LogP contribution in [-0.2, 0) is 23.6 Å². The molecule has 1 aromatic heterocycles. The van der Waals surface area contributed by atoms with Gasteiger partial charge in [0, 0.05) is 38.2 Å². The average Bonchev–Trinajstić information content (AvgIpc) is 2.73. The molecule has 3 aromatic rings. The molecule has 2 heterocycles. The van der Waals surface area contributed by atoms with Gasteiger partial charge in [0.25, 0.3) is 5.56 Å². The van der Waals surface area contributed by atoms with Crippen LogP contribution in [0.3, 0.4) is 0 Å². The number of hydrogen-bond donors (Lipinski definition) is 0. The van der Waals surface area contributed by atoms with Gasteiger partial charge in [-0.15, -0.1) is 0 Å². The van der Waals surface area contributed by atoms with Gasteiger partial charge in [0.15, 0.2) is 0 Å². The van der Waals surface area contributed by atoms with Crippen LogP contribution in [0.15, 0.2) is 58.2 Å². The SMILES string of the molecule is Cn1c(CN2CCN(S(=O)(=O)c3ccccc3)CC2)nc2ccc(Cl)cc2c1=O. The largest absolute Gasteiger partial charge is 0.298 e. The lowest BCUT2D eigenvalue weighted by Gasteiger charge is -2.33. The molecule has 1 saturated heterocycles. The van der Waals surface area contributed by atoms with Crippen molar-refractivity contribution in [3.05, 3.63) is 69.7 Å². The van der Waals surface area contributed by atoms with E-state index in [1.165, 1.54) is 8.87 Å². The highest BCUT2D eigenvalue weighted by Crippen LogP contribution is 2.19. The molecule has 4 rings (SSSR count). The highest BCUT2D eigenvalue weighted by Gasteiger charge is 2.28. The molecular formula is C20H21ClN4O3S. The van der Waals surface area contributed by atoms with Crippen LogP contribution in [0.4, 0.5) is 0 Å². The van der Waals surface area contributed by atoms with E-state index in [4.69, 9.17) is 11.6 Å². The summed E-state index contributed by atoms with van der Waals surface area (Å²) in [5, 5.41) is 0.988. The van der Waals surface area contributed by atoms with E-state index < -0.39 is 10.0 Å². The lowest BCUT2D eigenvalue weighted by atomic mass is 10.2. The third-order valence-electron chi connectivity index (χ3n) is 5.21. The zero-order valence-electron chi connectivity index (χ0n) is 16.0.